The van der Waals surface area contributed by atoms with Crippen molar-refractivity contribution in [3.05, 3.63) is 34.9 Å². The van der Waals surface area contributed by atoms with Gasteiger partial charge in [0, 0.05) is 30.1 Å². The molecule has 1 saturated heterocycles. The van der Waals surface area contributed by atoms with E-state index >= 15 is 0 Å². The van der Waals surface area contributed by atoms with Crippen LogP contribution >= 0.6 is 11.6 Å². The molecule has 2 unspecified atom stereocenters. The van der Waals surface area contributed by atoms with Gasteiger partial charge in [-0.15, -0.1) is 0 Å². The average molecular weight is 267 g/mol. The Bertz CT molecular complexity index is 405. The zero-order valence-electron chi connectivity index (χ0n) is 10.6. The van der Waals surface area contributed by atoms with Gasteiger partial charge in [-0.3, -0.25) is 4.79 Å². The molecule has 1 aromatic rings. The summed E-state index contributed by atoms with van der Waals surface area (Å²) in [5.74, 6) is 0.138. The molecule has 1 fully saturated rings. The maximum Gasteiger partial charge on any atom is 0.221 e. The molecule has 2 N–H and O–H groups in total. The summed E-state index contributed by atoms with van der Waals surface area (Å²) in [6.07, 6.45) is 2.74. The van der Waals surface area contributed by atoms with Gasteiger partial charge in [0.1, 0.15) is 0 Å². The Kier molecular flexibility index (Phi) is 4.61. The maximum absolute atomic E-state index is 11.2. The molecule has 1 amide bonds. The van der Waals surface area contributed by atoms with Crippen LogP contribution in [0.15, 0.2) is 24.3 Å². The SMILES string of the molecule is CCCC(NC1CNC(=O)C1)c1ccc(Cl)cc1. The van der Waals surface area contributed by atoms with Crippen LogP contribution in [0.25, 0.3) is 0 Å². The van der Waals surface area contributed by atoms with Crippen molar-refractivity contribution >= 4 is 17.5 Å². The number of carbonyl (C=O) groups excluding carboxylic acids is 1. The van der Waals surface area contributed by atoms with Gasteiger partial charge in [0.25, 0.3) is 0 Å². The number of hydrogen-bond donors (Lipinski definition) is 2. The van der Waals surface area contributed by atoms with Crippen LogP contribution in [0.2, 0.25) is 5.02 Å². The van der Waals surface area contributed by atoms with Crippen molar-refractivity contribution < 1.29 is 4.79 Å². The first-order valence-electron chi connectivity index (χ1n) is 6.47. The molecule has 0 aliphatic carbocycles. The summed E-state index contributed by atoms with van der Waals surface area (Å²) in [5, 5.41) is 7.17. The monoisotopic (exact) mass is 266 g/mol. The van der Waals surface area contributed by atoms with Gasteiger partial charge in [-0.2, -0.15) is 0 Å². The zero-order chi connectivity index (χ0) is 13.0. The van der Waals surface area contributed by atoms with Crippen LogP contribution in [0.4, 0.5) is 0 Å². The van der Waals surface area contributed by atoms with Gasteiger partial charge in [0.05, 0.1) is 0 Å². The third-order valence-electron chi connectivity index (χ3n) is 3.26. The fraction of sp³-hybridized carbons (Fsp3) is 0.500. The smallest absolute Gasteiger partial charge is 0.221 e. The Labute approximate surface area is 113 Å². The van der Waals surface area contributed by atoms with Crippen LogP contribution in [-0.4, -0.2) is 18.5 Å². The molecule has 0 aromatic heterocycles. The molecule has 2 atom stereocenters. The second-order valence-corrected chi connectivity index (χ2v) is 5.20. The predicted molar refractivity (Wildman–Crippen MR) is 73.7 cm³/mol. The molecule has 0 saturated carbocycles. The molecule has 1 aromatic carbocycles. The largest absolute Gasteiger partial charge is 0.354 e. The van der Waals surface area contributed by atoms with E-state index in [2.05, 4.69) is 29.7 Å². The number of benzene rings is 1. The highest BCUT2D eigenvalue weighted by Gasteiger charge is 2.24. The van der Waals surface area contributed by atoms with Crippen molar-refractivity contribution in [1.82, 2.24) is 10.6 Å². The highest BCUT2D eigenvalue weighted by atomic mass is 35.5. The lowest BCUT2D eigenvalue weighted by Gasteiger charge is -2.22. The van der Waals surface area contributed by atoms with E-state index in [4.69, 9.17) is 11.6 Å². The van der Waals surface area contributed by atoms with E-state index in [1.54, 1.807) is 0 Å². The van der Waals surface area contributed by atoms with E-state index in [0.29, 0.717) is 12.5 Å². The van der Waals surface area contributed by atoms with Gasteiger partial charge in [-0.25, -0.2) is 0 Å². The van der Waals surface area contributed by atoms with Crippen LogP contribution in [0.1, 0.15) is 37.8 Å². The Hall–Kier alpha value is -1.06. The van der Waals surface area contributed by atoms with E-state index in [0.717, 1.165) is 24.4 Å². The number of carbonyl (C=O) groups is 1. The van der Waals surface area contributed by atoms with Gasteiger partial charge in [0.2, 0.25) is 5.91 Å². The van der Waals surface area contributed by atoms with Crippen LogP contribution in [0.5, 0.6) is 0 Å². The molecule has 1 aliphatic rings. The predicted octanol–water partition coefficient (Wildman–Crippen LogP) is 2.66. The van der Waals surface area contributed by atoms with E-state index in [9.17, 15) is 4.79 Å². The second kappa shape index (κ2) is 6.21. The van der Waals surface area contributed by atoms with Gasteiger partial charge in [-0.1, -0.05) is 37.1 Å². The molecule has 1 aliphatic heterocycles. The second-order valence-electron chi connectivity index (χ2n) is 4.76. The maximum atomic E-state index is 11.2. The van der Waals surface area contributed by atoms with Crippen LogP contribution in [0.3, 0.4) is 0 Å². The van der Waals surface area contributed by atoms with Gasteiger partial charge in [0.15, 0.2) is 0 Å². The molecular formula is C14H19ClN2O. The molecule has 2 rings (SSSR count). The summed E-state index contributed by atoms with van der Waals surface area (Å²) in [4.78, 5) is 11.2. The molecule has 98 valence electrons. The molecule has 4 heteroatoms. The lowest BCUT2D eigenvalue weighted by molar-refractivity contribution is -0.119. The number of hydrogen-bond acceptors (Lipinski definition) is 2. The first-order chi connectivity index (χ1) is 8.69. The molecule has 3 nitrogen and oxygen atoms in total. The van der Waals surface area contributed by atoms with Gasteiger partial charge in [-0.05, 0) is 24.1 Å². The minimum absolute atomic E-state index is 0.138. The van der Waals surface area contributed by atoms with Crippen molar-refractivity contribution in [2.24, 2.45) is 0 Å². The van der Waals surface area contributed by atoms with Crippen molar-refractivity contribution in [3.63, 3.8) is 0 Å². The summed E-state index contributed by atoms with van der Waals surface area (Å²) in [6.45, 7) is 2.90. The Balaban J connectivity index is 2.03. The topological polar surface area (TPSA) is 41.1 Å². The van der Waals surface area contributed by atoms with Crippen LogP contribution < -0.4 is 10.6 Å². The Morgan fingerprint density at radius 1 is 1.44 bits per heavy atom. The number of rotatable bonds is 5. The molecule has 18 heavy (non-hydrogen) atoms. The van der Waals surface area contributed by atoms with E-state index < -0.39 is 0 Å². The van der Waals surface area contributed by atoms with Gasteiger partial charge >= 0.3 is 0 Å². The fourth-order valence-corrected chi connectivity index (χ4v) is 2.46. The lowest BCUT2D eigenvalue weighted by Crippen LogP contribution is -2.34. The summed E-state index contributed by atoms with van der Waals surface area (Å²) < 4.78 is 0. The Morgan fingerprint density at radius 3 is 2.72 bits per heavy atom. The van der Waals surface area contributed by atoms with Crippen molar-refractivity contribution in [1.29, 1.82) is 0 Å². The van der Waals surface area contributed by atoms with E-state index in [-0.39, 0.29) is 11.9 Å². The molecular weight excluding hydrogens is 248 g/mol. The quantitative estimate of drug-likeness (QED) is 0.860. The van der Waals surface area contributed by atoms with Crippen molar-refractivity contribution in [2.45, 2.75) is 38.3 Å². The van der Waals surface area contributed by atoms with E-state index in [1.165, 1.54) is 5.56 Å². The normalized spacial score (nSPS) is 20.8. The summed E-state index contributed by atoms with van der Waals surface area (Å²) in [5.41, 5.74) is 1.24. The third-order valence-corrected chi connectivity index (χ3v) is 3.52. The van der Waals surface area contributed by atoms with Gasteiger partial charge < -0.3 is 10.6 Å². The average Bonchev–Trinajstić information content (AvgIpc) is 2.75. The minimum atomic E-state index is 0.138. The van der Waals surface area contributed by atoms with Crippen molar-refractivity contribution in [3.8, 4) is 0 Å². The number of nitrogens with one attached hydrogen (secondary N) is 2. The summed E-state index contributed by atoms with van der Waals surface area (Å²) >= 11 is 5.91. The van der Waals surface area contributed by atoms with Crippen LogP contribution in [-0.2, 0) is 4.79 Å². The van der Waals surface area contributed by atoms with Crippen LogP contribution in [0, 0.1) is 0 Å². The molecule has 1 heterocycles. The van der Waals surface area contributed by atoms with E-state index in [1.807, 2.05) is 12.1 Å². The summed E-state index contributed by atoms with van der Waals surface area (Å²) in [6, 6.07) is 8.48. The fourth-order valence-electron chi connectivity index (χ4n) is 2.34. The zero-order valence-corrected chi connectivity index (χ0v) is 11.3. The van der Waals surface area contributed by atoms with Crippen molar-refractivity contribution in [2.75, 3.05) is 6.54 Å². The summed E-state index contributed by atoms with van der Waals surface area (Å²) in [7, 11) is 0. The molecule has 0 bridgehead atoms. The first-order valence-corrected chi connectivity index (χ1v) is 6.85. The lowest BCUT2D eigenvalue weighted by atomic mass is 10.0. The first kappa shape index (κ1) is 13.4. The number of amides is 1. The highest BCUT2D eigenvalue weighted by Crippen LogP contribution is 2.22. The highest BCUT2D eigenvalue weighted by molar-refractivity contribution is 6.30. The minimum Gasteiger partial charge on any atom is -0.354 e. The standard InChI is InChI=1S/C14H19ClN2O/c1-2-3-13(10-4-6-11(15)7-5-10)17-12-8-14(18)16-9-12/h4-7,12-13,17H,2-3,8-9H2,1H3,(H,16,18). The third kappa shape index (κ3) is 3.47. The molecule has 0 spiro atoms. The number of halogens is 1. The molecule has 0 radical (unpaired) electrons. The Morgan fingerprint density at radius 2 is 2.17 bits per heavy atom.